The van der Waals surface area contributed by atoms with Crippen LogP contribution in [0.3, 0.4) is 0 Å². The molecule has 148 valence electrons. The van der Waals surface area contributed by atoms with Crippen LogP contribution in [0.4, 0.5) is 5.69 Å². The fourth-order valence-corrected chi connectivity index (χ4v) is 2.41. The fourth-order valence-electron chi connectivity index (χ4n) is 2.41. The lowest BCUT2D eigenvalue weighted by atomic mass is 10.1. The first-order chi connectivity index (χ1) is 13.2. The summed E-state index contributed by atoms with van der Waals surface area (Å²) in [7, 11) is 2.91. The molecular formula is C20H24N4O4. The topological polar surface area (TPSA) is 102 Å². The largest absolute Gasteiger partial charge is 0.348 e. The quantitative estimate of drug-likeness (QED) is 0.726. The summed E-state index contributed by atoms with van der Waals surface area (Å²) in [6, 6.07) is 7.19. The summed E-state index contributed by atoms with van der Waals surface area (Å²) in [6.07, 6.45) is 4.00. The van der Waals surface area contributed by atoms with Crippen LogP contribution < -0.4 is 21.9 Å². The Morgan fingerprint density at radius 3 is 2.57 bits per heavy atom. The number of benzene rings is 1. The zero-order valence-electron chi connectivity index (χ0n) is 16.4. The minimum absolute atomic E-state index is 0.0806. The molecule has 8 heteroatoms. The van der Waals surface area contributed by atoms with Crippen molar-refractivity contribution in [3.05, 3.63) is 68.5 Å². The standard InChI is InChI=1S/C20H24N4O4/c1-13(2)18(26)22-16-7-5-6-14(10-16)11-21-17(25)9-8-15-12-23(3)20(28)24(4)19(15)27/h5-10,12-13H,11H2,1-4H3,(H,21,25)(H,22,26)/b9-8+. The molecule has 0 spiro atoms. The first kappa shape index (κ1) is 20.9. The number of rotatable bonds is 6. The van der Waals surface area contributed by atoms with Crippen molar-refractivity contribution in [2.75, 3.05) is 5.32 Å². The molecule has 28 heavy (non-hydrogen) atoms. The van der Waals surface area contributed by atoms with Crippen LogP contribution in [-0.4, -0.2) is 20.9 Å². The van der Waals surface area contributed by atoms with E-state index in [4.69, 9.17) is 0 Å². The maximum absolute atomic E-state index is 12.0. The van der Waals surface area contributed by atoms with Crippen molar-refractivity contribution < 1.29 is 9.59 Å². The van der Waals surface area contributed by atoms with Gasteiger partial charge in [-0.25, -0.2) is 4.79 Å². The summed E-state index contributed by atoms with van der Waals surface area (Å²) in [5.41, 5.74) is 0.811. The van der Waals surface area contributed by atoms with Gasteiger partial charge in [0, 0.05) is 44.5 Å². The molecule has 2 aromatic rings. The number of anilines is 1. The number of amides is 2. The molecule has 1 aromatic carbocycles. The lowest BCUT2D eigenvalue weighted by Crippen LogP contribution is -2.37. The van der Waals surface area contributed by atoms with Crippen molar-refractivity contribution in [1.82, 2.24) is 14.5 Å². The molecule has 0 aliphatic rings. The minimum Gasteiger partial charge on any atom is -0.348 e. The Balaban J connectivity index is 2.02. The van der Waals surface area contributed by atoms with E-state index in [1.807, 2.05) is 19.9 Å². The van der Waals surface area contributed by atoms with Gasteiger partial charge in [0.1, 0.15) is 0 Å². The van der Waals surface area contributed by atoms with Crippen molar-refractivity contribution in [3.8, 4) is 0 Å². The van der Waals surface area contributed by atoms with Gasteiger partial charge >= 0.3 is 5.69 Å². The molecule has 0 saturated heterocycles. The number of hydrogen-bond acceptors (Lipinski definition) is 4. The van der Waals surface area contributed by atoms with Crippen LogP contribution in [0.1, 0.15) is 25.0 Å². The predicted molar refractivity (Wildman–Crippen MR) is 108 cm³/mol. The minimum atomic E-state index is -0.472. The summed E-state index contributed by atoms with van der Waals surface area (Å²) < 4.78 is 2.25. The first-order valence-electron chi connectivity index (χ1n) is 8.81. The number of aromatic nitrogens is 2. The van der Waals surface area contributed by atoms with Crippen LogP contribution in [0.25, 0.3) is 6.08 Å². The Labute approximate surface area is 162 Å². The fraction of sp³-hybridized carbons (Fsp3) is 0.300. The first-order valence-corrected chi connectivity index (χ1v) is 8.81. The molecule has 8 nitrogen and oxygen atoms in total. The highest BCUT2D eigenvalue weighted by molar-refractivity contribution is 5.92. The van der Waals surface area contributed by atoms with Gasteiger partial charge in [0.15, 0.2) is 0 Å². The maximum atomic E-state index is 12.0. The van der Waals surface area contributed by atoms with Crippen molar-refractivity contribution in [2.45, 2.75) is 20.4 Å². The third-order valence-electron chi connectivity index (χ3n) is 4.07. The molecule has 2 N–H and O–H groups in total. The number of nitrogens with zero attached hydrogens (tertiary/aromatic N) is 2. The zero-order chi connectivity index (χ0) is 20.8. The van der Waals surface area contributed by atoms with Crippen LogP contribution in [0.15, 0.2) is 46.1 Å². The second-order valence-corrected chi connectivity index (χ2v) is 6.74. The number of aryl methyl sites for hydroxylation is 1. The van der Waals surface area contributed by atoms with Crippen LogP contribution in [0.5, 0.6) is 0 Å². The molecule has 0 fully saturated rings. The SMILES string of the molecule is CC(C)C(=O)Nc1cccc(CNC(=O)/C=C/c2cn(C)c(=O)n(C)c2=O)c1. The van der Waals surface area contributed by atoms with Gasteiger partial charge in [0.2, 0.25) is 11.8 Å². The molecule has 0 aliphatic carbocycles. The Hall–Kier alpha value is -3.42. The van der Waals surface area contributed by atoms with E-state index in [-0.39, 0.29) is 29.8 Å². The highest BCUT2D eigenvalue weighted by atomic mass is 16.2. The molecule has 2 amide bonds. The third-order valence-corrected chi connectivity index (χ3v) is 4.07. The molecule has 0 atom stereocenters. The monoisotopic (exact) mass is 384 g/mol. The van der Waals surface area contributed by atoms with E-state index < -0.39 is 11.2 Å². The van der Waals surface area contributed by atoms with Crippen molar-refractivity contribution in [1.29, 1.82) is 0 Å². The van der Waals surface area contributed by atoms with Crippen molar-refractivity contribution in [3.63, 3.8) is 0 Å². The normalized spacial score (nSPS) is 11.0. The Bertz CT molecular complexity index is 1030. The molecule has 0 radical (unpaired) electrons. The zero-order valence-corrected chi connectivity index (χ0v) is 16.4. The second kappa shape index (κ2) is 8.98. The molecule has 0 aliphatic heterocycles. The van der Waals surface area contributed by atoms with Gasteiger partial charge in [0.25, 0.3) is 5.56 Å². The Kier molecular flexibility index (Phi) is 6.70. The van der Waals surface area contributed by atoms with Crippen LogP contribution >= 0.6 is 0 Å². The number of hydrogen-bond donors (Lipinski definition) is 2. The summed E-state index contributed by atoms with van der Waals surface area (Å²) >= 11 is 0. The van der Waals surface area contributed by atoms with E-state index in [1.54, 1.807) is 18.2 Å². The summed E-state index contributed by atoms with van der Waals surface area (Å²) in [5, 5.41) is 5.52. The molecule has 0 bridgehead atoms. The van der Waals surface area contributed by atoms with E-state index in [0.717, 1.165) is 10.1 Å². The average molecular weight is 384 g/mol. The van der Waals surface area contributed by atoms with E-state index in [1.165, 1.54) is 37.0 Å². The lowest BCUT2D eigenvalue weighted by molar-refractivity contribution is -0.119. The van der Waals surface area contributed by atoms with Gasteiger partial charge in [-0.3, -0.25) is 19.0 Å². The van der Waals surface area contributed by atoms with Gasteiger partial charge in [-0.1, -0.05) is 26.0 Å². The molecular weight excluding hydrogens is 360 g/mol. The van der Waals surface area contributed by atoms with Crippen LogP contribution in [0.2, 0.25) is 0 Å². The lowest BCUT2D eigenvalue weighted by Gasteiger charge is -2.09. The molecule has 1 aromatic heterocycles. The van der Waals surface area contributed by atoms with Gasteiger partial charge in [-0.2, -0.15) is 0 Å². The number of carbonyl (C=O) groups excluding carboxylic acids is 2. The number of carbonyl (C=O) groups is 2. The van der Waals surface area contributed by atoms with Gasteiger partial charge in [-0.15, -0.1) is 0 Å². The molecule has 1 heterocycles. The average Bonchev–Trinajstić information content (AvgIpc) is 2.66. The van der Waals surface area contributed by atoms with Crippen LogP contribution in [0, 0.1) is 5.92 Å². The van der Waals surface area contributed by atoms with Crippen molar-refractivity contribution >= 4 is 23.6 Å². The summed E-state index contributed by atoms with van der Waals surface area (Å²) in [4.78, 5) is 47.5. The number of nitrogens with one attached hydrogen (secondary N) is 2. The molecule has 0 saturated carbocycles. The maximum Gasteiger partial charge on any atom is 0.330 e. The highest BCUT2D eigenvalue weighted by Gasteiger charge is 2.08. The van der Waals surface area contributed by atoms with E-state index in [2.05, 4.69) is 10.6 Å². The van der Waals surface area contributed by atoms with Gasteiger partial charge in [0.05, 0.1) is 5.56 Å². The highest BCUT2D eigenvalue weighted by Crippen LogP contribution is 2.12. The Morgan fingerprint density at radius 1 is 1.18 bits per heavy atom. The van der Waals surface area contributed by atoms with Gasteiger partial charge in [-0.05, 0) is 23.8 Å². The molecule has 2 rings (SSSR count). The predicted octanol–water partition coefficient (Wildman–Crippen LogP) is 1.01. The second-order valence-electron chi connectivity index (χ2n) is 6.74. The van der Waals surface area contributed by atoms with Crippen LogP contribution in [-0.2, 0) is 30.2 Å². The third kappa shape index (κ3) is 5.29. The van der Waals surface area contributed by atoms with Gasteiger partial charge < -0.3 is 15.2 Å². The van der Waals surface area contributed by atoms with E-state index in [9.17, 15) is 19.2 Å². The van der Waals surface area contributed by atoms with E-state index in [0.29, 0.717) is 5.69 Å². The Morgan fingerprint density at radius 2 is 1.89 bits per heavy atom. The van der Waals surface area contributed by atoms with E-state index >= 15 is 0 Å². The summed E-state index contributed by atoms with van der Waals surface area (Å²) in [5.74, 6) is -0.589. The summed E-state index contributed by atoms with van der Waals surface area (Å²) in [6.45, 7) is 3.88. The smallest absolute Gasteiger partial charge is 0.330 e. The van der Waals surface area contributed by atoms with Crippen molar-refractivity contribution in [2.24, 2.45) is 20.0 Å². The molecule has 0 unspecified atom stereocenters.